The Labute approximate surface area is 307 Å². The molecule has 0 aliphatic heterocycles. The number of fused-ring (bicyclic) bond motifs is 1. The number of ether oxygens (including phenoxy) is 1. The Bertz CT molecular complexity index is 1900. The molecule has 1 heterocycles. The second kappa shape index (κ2) is 16.9. The van der Waals surface area contributed by atoms with Crippen LogP contribution in [0.4, 0.5) is 4.79 Å². The van der Waals surface area contributed by atoms with Crippen LogP contribution in [0, 0.1) is 5.92 Å². The van der Waals surface area contributed by atoms with Gasteiger partial charge in [0.05, 0.1) is 11.6 Å². The first-order valence-corrected chi connectivity index (χ1v) is 21.3. The first-order chi connectivity index (χ1) is 24.7. The zero-order valence-electron chi connectivity index (χ0n) is 31.1. The first kappa shape index (κ1) is 38.8. The number of pyridine rings is 1. The molecule has 4 aromatic rings. The molecule has 52 heavy (non-hydrogen) atoms. The Morgan fingerprint density at radius 2 is 1.73 bits per heavy atom. The number of phenols is 1. The molecule has 0 spiro atoms. The van der Waals surface area contributed by atoms with Crippen LogP contribution in [0.5, 0.6) is 11.5 Å². The highest BCUT2D eigenvalue weighted by Crippen LogP contribution is 2.41. The number of hydrogen-bond donors (Lipinski definition) is 5. The predicted molar refractivity (Wildman–Crippen MR) is 209 cm³/mol. The molecule has 278 valence electrons. The number of hydrogen-bond acceptors (Lipinski definition) is 7. The van der Waals surface area contributed by atoms with Gasteiger partial charge < -0.3 is 35.6 Å². The third-order valence-electron chi connectivity index (χ3n) is 10.7. The lowest BCUT2D eigenvalue weighted by atomic mass is 9.86. The van der Waals surface area contributed by atoms with Crippen molar-refractivity contribution in [2.45, 2.75) is 96.0 Å². The summed E-state index contributed by atoms with van der Waals surface area (Å²) in [5.74, 6) is 1.00. The molecule has 1 aromatic heterocycles. The fourth-order valence-electron chi connectivity index (χ4n) is 6.74. The maximum atomic E-state index is 12.9. The highest BCUT2D eigenvalue weighted by atomic mass is 28.4. The zero-order valence-corrected chi connectivity index (χ0v) is 32.1. The van der Waals surface area contributed by atoms with E-state index in [1.807, 2.05) is 54.6 Å². The lowest BCUT2D eigenvalue weighted by Gasteiger charge is -2.40. The van der Waals surface area contributed by atoms with E-state index in [0.717, 1.165) is 59.9 Å². The van der Waals surface area contributed by atoms with Crippen molar-refractivity contribution in [2.24, 2.45) is 11.7 Å². The molecule has 0 unspecified atom stereocenters. The molecule has 1 aliphatic rings. The van der Waals surface area contributed by atoms with Crippen molar-refractivity contribution in [1.29, 1.82) is 0 Å². The summed E-state index contributed by atoms with van der Waals surface area (Å²) in [5, 5.41) is 18.2. The second-order valence-electron chi connectivity index (χ2n) is 15.6. The molecule has 1 fully saturated rings. The highest BCUT2D eigenvalue weighted by Gasteiger charge is 2.40. The third kappa shape index (κ3) is 10.1. The van der Waals surface area contributed by atoms with E-state index in [-0.39, 0.29) is 34.4 Å². The number of aromatic amines is 1. The quantitative estimate of drug-likeness (QED) is 0.0834. The molecule has 0 bridgehead atoms. The highest BCUT2D eigenvalue weighted by molar-refractivity contribution is 6.74. The number of carbonyl (C=O) groups is 2. The maximum absolute atomic E-state index is 12.9. The standard InChI is InChI=1S/C41H54N4O6Si/c1-41(2,3)52(4,5)51-36(32-20-22-34(46)39-33(32)21-23-38(48)45-39)26-43-25-28-14-17-30(18-15-28)44-37(47)13-9-10-27-16-19-31(29-11-7-6-8-12-29)35(24-27)50-40(42)49/h6-8,11-12,16,19-24,28,30,36,43,46H,9-10,13-15,17-18,25-26H2,1-5H3,(H2,42,49)(H,44,47)(H,45,48)/t28?,30?,36-/m0/s1. The first-order valence-electron chi connectivity index (χ1n) is 18.4. The number of nitrogens with two attached hydrogens (primary N) is 1. The van der Waals surface area contributed by atoms with E-state index in [1.165, 1.54) is 6.07 Å². The minimum atomic E-state index is -2.17. The van der Waals surface area contributed by atoms with Crippen molar-refractivity contribution in [3.05, 3.63) is 94.3 Å². The van der Waals surface area contributed by atoms with Crippen LogP contribution in [0.2, 0.25) is 18.1 Å². The topological polar surface area (TPSA) is 156 Å². The predicted octanol–water partition coefficient (Wildman–Crippen LogP) is 7.71. The van der Waals surface area contributed by atoms with Crippen LogP contribution in [0.1, 0.15) is 76.5 Å². The summed E-state index contributed by atoms with van der Waals surface area (Å²) in [7, 11) is -2.17. The number of benzene rings is 3. The van der Waals surface area contributed by atoms with E-state index in [0.29, 0.717) is 43.0 Å². The van der Waals surface area contributed by atoms with Gasteiger partial charge in [-0.3, -0.25) is 9.59 Å². The number of amides is 2. The molecular weight excluding hydrogens is 673 g/mol. The van der Waals surface area contributed by atoms with Crippen molar-refractivity contribution in [3.63, 3.8) is 0 Å². The summed E-state index contributed by atoms with van der Waals surface area (Å²) in [6.45, 7) is 12.6. The number of aromatic nitrogens is 1. The Kier molecular flexibility index (Phi) is 12.6. The average molecular weight is 727 g/mol. The number of H-pyrrole nitrogens is 1. The molecule has 3 aromatic carbocycles. The number of carbonyl (C=O) groups excluding carboxylic acids is 2. The summed E-state index contributed by atoms with van der Waals surface area (Å²) in [6, 6.07) is 22.4. The van der Waals surface area contributed by atoms with Crippen LogP contribution in [-0.4, -0.2) is 49.5 Å². The van der Waals surface area contributed by atoms with Crippen LogP contribution in [0.25, 0.3) is 22.0 Å². The summed E-state index contributed by atoms with van der Waals surface area (Å²) >= 11 is 0. The summed E-state index contributed by atoms with van der Waals surface area (Å²) in [6.07, 6.45) is 4.57. The number of aryl methyl sites for hydroxylation is 1. The van der Waals surface area contributed by atoms with Crippen molar-refractivity contribution < 1.29 is 23.9 Å². The molecule has 1 saturated carbocycles. The third-order valence-corrected chi connectivity index (χ3v) is 15.2. The fraction of sp³-hybridized carbons (Fsp3) is 0.439. The SMILES string of the molecule is CC(C)(C)[Si](C)(C)O[C@@H](CNCC1CCC(NC(=O)CCCc2ccc(-c3ccccc3)c(OC(N)=O)c2)CC1)c1ccc(O)c2[nH]c(=O)ccc12. The van der Waals surface area contributed by atoms with Gasteiger partial charge in [0, 0.05) is 36.0 Å². The monoisotopic (exact) mass is 726 g/mol. The number of rotatable bonds is 14. The smallest absolute Gasteiger partial charge is 0.409 e. The second-order valence-corrected chi connectivity index (χ2v) is 20.3. The van der Waals surface area contributed by atoms with Gasteiger partial charge in [0.2, 0.25) is 11.5 Å². The van der Waals surface area contributed by atoms with Gasteiger partial charge in [-0.1, -0.05) is 69.3 Å². The lowest BCUT2D eigenvalue weighted by molar-refractivity contribution is -0.122. The molecule has 1 atom stereocenters. The molecule has 5 rings (SSSR count). The van der Waals surface area contributed by atoms with Gasteiger partial charge in [-0.05, 0) is 104 Å². The maximum Gasteiger partial charge on any atom is 0.409 e. The van der Waals surface area contributed by atoms with Gasteiger partial charge in [-0.25, -0.2) is 4.79 Å². The number of nitrogens with one attached hydrogen (secondary N) is 3. The van der Waals surface area contributed by atoms with Gasteiger partial charge in [0.1, 0.15) is 11.5 Å². The van der Waals surface area contributed by atoms with E-state index in [2.05, 4.69) is 49.5 Å². The minimum absolute atomic E-state index is 0.00779. The normalized spacial score (nSPS) is 17.1. The van der Waals surface area contributed by atoms with Crippen molar-refractivity contribution >= 4 is 31.2 Å². The van der Waals surface area contributed by atoms with Crippen LogP contribution in [0.3, 0.4) is 0 Å². The molecule has 0 saturated heterocycles. The van der Waals surface area contributed by atoms with Gasteiger partial charge in [0.15, 0.2) is 8.32 Å². The molecule has 1 aliphatic carbocycles. The Hall–Kier alpha value is -4.45. The van der Waals surface area contributed by atoms with E-state index < -0.39 is 14.4 Å². The van der Waals surface area contributed by atoms with Crippen LogP contribution in [-0.2, 0) is 15.6 Å². The van der Waals surface area contributed by atoms with Crippen LogP contribution < -0.4 is 26.7 Å². The lowest BCUT2D eigenvalue weighted by Crippen LogP contribution is -2.44. The largest absolute Gasteiger partial charge is 0.506 e. The Morgan fingerprint density at radius 1 is 1.00 bits per heavy atom. The number of primary amides is 1. The molecule has 11 heteroatoms. The minimum Gasteiger partial charge on any atom is -0.506 e. The van der Waals surface area contributed by atoms with E-state index in [9.17, 15) is 19.5 Å². The summed E-state index contributed by atoms with van der Waals surface area (Å²) in [5.41, 5.74) is 9.13. The van der Waals surface area contributed by atoms with Gasteiger partial charge in [0.25, 0.3) is 0 Å². The summed E-state index contributed by atoms with van der Waals surface area (Å²) in [4.78, 5) is 39.3. The Balaban J connectivity index is 1.10. The zero-order chi connectivity index (χ0) is 37.5. The van der Waals surface area contributed by atoms with Gasteiger partial charge >= 0.3 is 6.09 Å². The molecule has 2 amide bonds. The van der Waals surface area contributed by atoms with Crippen molar-refractivity contribution in [2.75, 3.05) is 13.1 Å². The molecule has 10 nitrogen and oxygen atoms in total. The average Bonchev–Trinajstić information content (AvgIpc) is 3.09. The molecule has 6 N–H and O–H groups in total. The Morgan fingerprint density at radius 3 is 2.42 bits per heavy atom. The van der Waals surface area contributed by atoms with Gasteiger partial charge in [-0.15, -0.1) is 0 Å². The van der Waals surface area contributed by atoms with E-state index in [4.69, 9.17) is 14.9 Å². The van der Waals surface area contributed by atoms with Crippen LogP contribution in [0.15, 0.2) is 77.6 Å². The van der Waals surface area contributed by atoms with E-state index in [1.54, 1.807) is 12.1 Å². The molecule has 0 radical (unpaired) electrons. The van der Waals surface area contributed by atoms with Crippen molar-refractivity contribution in [3.8, 4) is 22.6 Å². The number of aromatic hydroxyl groups is 1. The van der Waals surface area contributed by atoms with E-state index >= 15 is 0 Å². The van der Waals surface area contributed by atoms with Gasteiger partial charge in [-0.2, -0.15) is 0 Å². The van der Waals surface area contributed by atoms with Crippen molar-refractivity contribution in [1.82, 2.24) is 15.6 Å². The molecular formula is C41H54N4O6Si. The summed E-state index contributed by atoms with van der Waals surface area (Å²) < 4.78 is 12.3. The fourth-order valence-corrected chi connectivity index (χ4v) is 8.02. The van der Waals surface area contributed by atoms with Crippen LogP contribution >= 0.6 is 0 Å². The number of phenolic OH excluding ortho intramolecular Hbond substituents is 1.